The van der Waals surface area contributed by atoms with Crippen molar-refractivity contribution in [3.05, 3.63) is 70.8 Å². The van der Waals surface area contributed by atoms with E-state index in [1.54, 1.807) is 6.08 Å². The van der Waals surface area contributed by atoms with Gasteiger partial charge in [-0.2, -0.15) is 0 Å². The van der Waals surface area contributed by atoms with E-state index in [1.807, 2.05) is 62.4 Å². The van der Waals surface area contributed by atoms with Gasteiger partial charge in [0, 0.05) is 0 Å². The molecule has 2 aromatic carbocycles. The lowest BCUT2D eigenvalue weighted by atomic mass is 10.0. The molecule has 0 amide bonds. The minimum absolute atomic E-state index is 0.314. The molecular formula is C17H16O2. The molecule has 0 saturated heterocycles. The quantitative estimate of drug-likeness (QED) is 0.664. The van der Waals surface area contributed by atoms with E-state index in [0.717, 1.165) is 22.3 Å². The van der Waals surface area contributed by atoms with Crippen LogP contribution in [0.5, 0.6) is 0 Å². The molecule has 0 saturated carbocycles. The van der Waals surface area contributed by atoms with Crippen LogP contribution in [0.25, 0.3) is 11.6 Å². The van der Waals surface area contributed by atoms with Crippen molar-refractivity contribution in [1.29, 1.82) is 0 Å². The zero-order valence-electron chi connectivity index (χ0n) is 11.1. The van der Waals surface area contributed by atoms with Gasteiger partial charge in [0.25, 0.3) is 0 Å². The van der Waals surface area contributed by atoms with Gasteiger partial charge in [-0.1, -0.05) is 59.7 Å². The van der Waals surface area contributed by atoms with E-state index >= 15 is 0 Å². The number of rotatable bonds is 3. The Balaban J connectivity index is 2.49. The molecule has 19 heavy (non-hydrogen) atoms. The lowest BCUT2D eigenvalue weighted by Gasteiger charge is -2.05. The molecule has 0 aromatic heterocycles. The molecule has 0 aliphatic rings. The van der Waals surface area contributed by atoms with Crippen LogP contribution in [0.4, 0.5) is 0 Å². The summed E-state index contributed by atoms with van der Waals surface area (Å²) in [6.45, 7) is 3.94. The summed E-state index contributed by atoms with van der Waals surface area (Å²) in [4.78, 5) is 11.4. The van der Waals surface area contributed by atoms with E-state index in [9.17, 15) is 9.90 Å². The third-order valence-electron chi connectivity index (χ3n) is 2.91. The highest BCUT2D eigenvalue weighted by molar-refractivity contribution is 6.20. The summed E-state index contributed by atoms with van der Waals surface area (Å²) in [6, 6.07) is 15.3. The number of aryl methyl sites for hydroxylation is 2. The molecule has 0 atom stereocenters. The Kier molecular flexibility index (Phi) is 3.81. The lowest BCUT2D eigenvalue weighted by molar-refractivity contribution is -0.130. The molecule has 0 aliphatic carbocycles. The third kappa shape index (κ3) is 3.32. The molecule has 0 fully saturated rings. The van der Waals surface area contributed by atoms with Crippen molar-refractivity contribution in [3.63, 3.8) is 0 Å². The van der Waals surface area contributed by atoms with Gasteiger partial charge >= 0.3 is 5.97 Å². The number of carboxylic acids is 1. The maximum absolute atomic E-state index is 11.4. The first-order valence-corrected chi connectivity index (χ1v) is 6.15. The summed E-state index contributed by atoms with van der Waals surface area (Å²) in [6.07, 6.45) is 1.71. The molecule has 2 heteroatoms. The predicted molar refractivity (Wildman–Crippen MR) is 77.9 cm³/mol. The molecule has 2 rings (SSSR count). The van der Waals surface area contributed by atoms with Crippen molar-refractivity contribution >= 4 is 17.6 Å². The van der Waals surface area contributed by atoms with Crippen molar-refractivity contribution in [2.24, 2.45) is 0 Å². The number of aliphatic carboxylic acids is 1. The third-order valence-corrected chi connectivity index (χ3v) is 2.91. The predicted octanol–water partition coefficient (Wildman–Crippen LogP) is 3.93. The second-order valence-electron chi connectivity index (χ2n) is 4.65. The van der Waals surface area contributed by atoms with Gasteiger partial charge in [0.2, 0.25) is 0 Å². The highest BCUT2D eigenvalue weighted by atomic mass is 16.4. The zero-order chi connectivity index (χ0) is 13.8. The first kappa shape index (κ1) is 13.1. The fraction of sp³-hybridized carbons (Fsp3) is 0.118. The van der Waals surface area contributed by atoms with E-state index in [1.165, 1.54) is 0 Å². The lowest BCUT2D eigenvalue weighted by Crippen LogP contribution is -1.99. The second-order valence-corrected chi connectivity index (χ2v) is 4.65. The minimum Gasteiger partial charge on any atom is -0.478 e. The molecule has 0 unspecified atom stereocenters. The number of benzene rings is 2. The number of hydrogen-bond donors (Lipinski definition) is 1. The molecule has 0 radical (unpaired) electrons. The Hall–Kier alpha value is -2.35. The fourth-order valence-electron chi connectivity index (χ4n) is 2.01. The summed E-state index contributed by atoms with van der Waals surface area (Å²) in [5.41, 5.74) is 4.11. The highest BCUT2D eigenvalue weighted by Gasteiger charge is 2.10. The molecule has 0 spiro atoms. The van der Waals surface area contributed by atoms with Crippen LogP contribution in [0.2, 0.25) is 0 Å². The van der Waals surface area contributed by atoms with Crippen molar-refractivity contribution in [2.75, 3.05) is 0 Å². The van der Waals surface area contributed by atoms with E-state index in [0.29, 0.717) is 5.57 Å². The van der Waals surface area contributed by atoms with Gasteiger partial charge in [-0.05, 0) is 31.1 Å². The van der Waals surface area contributed by atoms with Gasteiger partial charge in [0.1, 0.15) is 0 Å². The van der Waals surface area contributed by atoms with Gasteiger partial charge in [-0.15, -0.1) is 0 Å². The highest BCUT2D eigenvalue weighted by Crippen LogP contribution is 2.20. The topological polar surface area (TPSA) is 37.3 Å². The smallest absolute Gasteiger partial charge is 0.336 e. The summed E-state index contributed by atoms with van der Waals surface area (Å²) in [7, 11) is 0. The molecule has 2 aromatic rings. The molecule has 2 nitrogen and oxygen atoms in total. The van der Waals surface area contributed by atoms with Crippen molar-refractivity contribution in [2.45, 2.75) is 13.8 Å². The van der Waals surface area contributed by atoms with E-state index in [4.69, 9.17) is 0 Å². The van der Waals surface area contributed by atoms with Gasteiger partial charge in [0.05, 0.1) is 5.57 Å². The van der Waals surface area contributed by atoms with Crippen molar-refractivity contribution in [3.8, 4) is 0 Å². The summed E-state index contributed by atoms with van der Waals surface area (Å²) >= 11 is 0. The van der Waals surface area contributed by atoms with Crippen molar-refractivity contribution in [1.82, 2.24) is 0 Å². The molecule has 0 aliphatic heterocycles. The van der Waals surface area contributed by atoms with Crippen LogP contribution in [-0.2, 0) is 4.79 Å². The van der Waals surface area contributed by atoms with Crippen LogP contribution in [0.15, 0.2) is 48.5 Å². The summed E-state index contributed by atoms with van der Waals surface area (Å²) < 4.78 is 0. The standard InChI is InChI=1S/C17H16O2/c1-12-5-3-7-14(9-12)11-16(17(18)19)15-8-4-6-13(2)10-15/h3-11H,1-2H3,(H,18,19)/b16-11+. The number of carbonyl (C=O) groups is 1. The molecule has 96 valence electrons. The first-order chi connectivity index (χ1) is 9.06. The Morgan fingerprint density at radius 3 is 2.21 bits per heavy atom. The van der Waals surface area contributed by atoms with E-state index < -0.39 is 5.97 Å². The summed E-state index contributed by atoms with van der Waals surface area (Å²) in [5.74, 6) is -0.910. The van der Waals surface area contributed by atoms with E-state index in [-0.39, 0.29) is 0 Å². The Morgan fingerprint density at radius 2 is 1.63 bits per heavy atom. The normalized spacial score (nSPS) is 11.4. The zero-order valence-corrected chi connectivity index (χ0v) is 11.1. The molecule has 1 N–H and O–H groups in total. The monoisotopic (exact) mass is 252 g/mol. The van der Waals surface area contributed by atoms with Crippen LogP contribution >= 0.6 is 0 Å². The Morgan fingerprint density at radius 1 is 1.00 bits per heavy atom. The van der Waals surface area contributed by atoms with Crippen molar-refractivity contribution < 1.29 is 9.90 Å². The summed E-state index contributed by atoms with van der Waals surface area (Å²) in [5, 5.41) is 9.38. The first-order valence-electron chi connectivity index (χ1n) is 6.15. The van der Waals surface area contributed by atoms with Crippen LogP contribution < -0.4 is 0 Å². The largest absolute Gasteiger partial charge is 0.478 e. The Labute approximate surface area is 113 Å². The van der Waals surface area contributed by atoms with Crippen LogP contribution in [0.3, 0.4) is 0 Å². The van der Waals surface area contributed by atoms with E-state index in [2.05, 4.69) is 0 Å². The second kappa shape index (κ2) is 5.53. The molecule has 0 heterocycles. The molecular weight excluding hydrogens is 236 g/mol. The average molecular weight is 252 g/mol. The Bertz CT molecular complexity index is 639. The number of carboxylic acid groups (broad SMARTS) is 1. The molecule has 0 bridgehead atoms. The SMILES string of the molecule is Cc1cccc(/C=C(/C(=O)O)c2cccc(C)c2)c1. The maximum Gasteiger partial charge on any atom is 0.336 e. The maximum atomic E-state index is 11.4. The van der Waals surface area contributed by atoms with Crippen LogP contribution in [0, 0.1) is 13.8 Å². The number of hydrogen-bond acceptors (Lipinski definition) is 1. The van der Waals surface area contributed by atoms with Crippen LogP contribution in [-0.4, -0.2) is 11.1 Å². The van der Waals surface area contributed by atoms with Gasteiger partial charge in [-0.3, -0.25) is 0 Å². The van der Waals surface area contributed by atoms with Gasteiger partial charge in [0.15, 0.2) is 0 Å². The van der Waals surface area contributed by atoms with Crippen LogP contribution in [0.1, 0.15) is 22.3 Å². The average Bonchev–Trinajstić information content (AvgIpc) is 2.35. The van der Waals surface area contributed by atoms with Gasteiger partial charge in [-0.25, -0.2) is 4.79 Å². The minimum atomic E-state index is -0.910. The fourth-order valence-corrected chi connectivity index (χ4v) is 2.01. The van der Waals surface area contributed by atoms with Gasteiger partial charge < -0.3 is 5.11 Å².